The normalized spacial score (nSPS) is 10.7. The third-order valence-corrected chi connectivity index (χ3v) is 2.93. The van der Waals surface area contributed by atoms with Gasteiger partial charge >= 0.3 is 0 Å². The van der Waals surface area contributed by atoms with Gasteiger partial charge in [0, 0.05) is 25.4 Å². The van der Waals surface area contributed by atoms with Crippen LogP contribution in [0.2, 0.25) is 0 Å². The third kappa shape index (κ3) is 3.83. The molecule has 0 saturated carbocycles. The number of ether oxygens (including phenoxy) is 1. The zero-order chi connectivity index (χ0) is 13.7. The van der Waals surface area contributed by atoms with Crippen LogP contribution in [0, 0.1) is 6.92 Å². The molecule has 4 nitrogen and oxygen atoms in total. The van der Waals surface area contributed by atoms with E-state index in [1.807, 2.05) is 25.4 Å². The quantitative estimate of drug-likeness (QED) is 0.866. The van der Waals surface area contributed by atoms with Crippen molar-refractivity contribution in [1.29, 1.82) is 0 Å². The Morgan fingerprint density at radius 2 is 2.16 bits per heavy atom. The number of aromatic nitrogens is 2. The zero-order valence-electron chi connectivity index (χ0n) is 11.8. The van der Waals surface area contributed by atoms with Crippen LogP contribution >= 0.6 is 0 Å². The number of aryl methyl sites for hydroxylation is 2. The minimum atomic E-state index is 0.503. The van der Waals surface area contributed by atoms with Gasteiger partial charge in [-0.2, -0.15) is 5.10 Å². The van der Waals surface area contributed by atoms with E-state index in [0.29, 0.717) is 6.61 Å². The molecule has 2 aromatic rings. The smallest absolute Gasteiger partial charge is 0.132 e. The van der Waals surface area contributed by atoms with Gasteiger partial charge in [-0.1, -0.05) is 24.6 Å². The Morgan fingerprint density at radius 3 is 2.84 bits per heavy atom. The summed E-state index contributed by atoms with van der Waals surface area (Å²) in [5, 5.41) is 7.65. The van der Waals surface area contributed by atoms with Gasteiger partial charge in [0.05, 0.1) is 5.69 Å². The molecule has 0 fully saturated rings. The SMILES string of the molecule is CCNCc1cc(C)ccc1OCc1ccn(C)n1. The largest absolute Gasteiger partial charge is 0.487 e. The van der Waals surface area contributed by atoms with Crippen LogP contribution in [0.3, 0.4) is 0 Å². The van der Waals surface area contributed by atoms with Gasteiger partial charge in [-0.15, -0.1) is 0 Å². The summed E-state index contributed by atoms with van der Waals surface area (Å²) in [5.41, 5.74) is 3.38. The van der Waals surface area contributed by atoms with E-state index in [1.165, 1.54) is 11.1 Å². The Morgan fingerprint density at radius 1 is 1.32 bits per heavy atom. The van der Waals surface area contributed by atoms with Crippen molar-refractivity contribution in [2.45, 2.75) is 27.0 Å². The number of hydrogen-bond acceptors (Lipinski definition) is 3. The van der Waals surface area contributed by atoms with Crippen molar-refractivity contribution in [2.24, 2.45) is 7.05 Å². The first-order chi connectivity index (χ1) is 9.19. The minimum absolute atomic E-state index is 0.503. The van der Waals surface area contributed by atoms with E-state index < -0.39 is 0 Å². The molecular weight excluding hydrogens is 238 g/mol. The molecule has 0 aliphatic carbocycles. The van der Waals surface area contributed by atoms with Crippen molar-refractivity contribution in [1.82, 2.24) is 15.1 Å². The summed E-state index contributed by atoms with van der Waals surface area (Å²) in [6, 6.07) is 8.24. The fourth-order valence-corrected chi connectivity index (χ4v) is 1.94. The molecular formula is C15H21N3O. The lowest BCUT2D eigenvalue weighted by Gasteiger charge is -2.12. The predicted molar refractivity (Wildman–Crippen MR) is 76.1 cm³/mol. The maximum Gasteiger partial charge on any atom is 0.132 e. The van der Waals surface area contributed by atoms with Crippen LogP contribution in [-0.4, -0.2) is 16.3 Å². The molecule has 0 bridgehead atoms. The number of benzene rings is 1. The number of nitrogens with one attached hydrogen (secondary N) is 1. The average molecular weight is 259 g/mol. The second kappa shape index (κ2) is 6.38. The van der Waals surface area contributed by atoms with Gasteiger partial charge < -0.3 is 10.1 Å². The van der Waals surface area contributed by atoms with E-state index in [2.05, 4.69) is 36.4 Å². The van der Waals surface area contributed by atoms with E-state index in [-0.39, 0.29) is 0 Å². The summed E-state index contributed by atoms with van der Waals surface area (Å²) < 4.78 is 7.66. The van der Waals surface area contributed by atoms with E-state index in [0.717, 1.165) is 24.5 Å². The van der Waals surface area contributed by atoms with Gasteiger partial charge in [-0.25, -0.2) is 0 Å². The van der Waals surface area contributed by atoms with Crippen LogP contribution in [0.5, 0.6) is 5.75 Å². The zero-order valence-corrected chi connectivity index (χ0v) is 11.8. The number of nitrogens with zero attached hydrogens (tertiary/aromatic N) is 2. The average Bonchev–Trinajstić information content (AvgIpc) is 2.81. The molecule has 0 unspecified atom stereocenters. The van der Waals surface area contributed by atoms with Crippen LogP contribution in [0.15, 0.2) is 30.5 Å². The fraction of sp³-hybridized carbons (Fsp3) is 0.400. The highest BCUT2D eigenvalue weighted by atomic mass is 16.5. The van der Waals surface area contributed by atoms with Crippen molar-refractivity contribution in [3.8, 4) is 5.75 Å². The topological polar surface area (TPSA) is 39.1 Å². The summed E-state index contributed by atoms with van der Waals surface area (Å²) >= 11 is 0. The first-order valence-corrected chi connectivity index (χ1v) is 6.60. The molecule has 19 heavy (non-hydrogen) atoms. The summed E-state index contributed by atoms with van der Waals surface area (Å²) in [5.74, 6) is 0.928. The number of hydrogen-bond donors (Lipinski definition) is 1. The van der Waals surface area contributed by atoms with E-state index in [4.69, 9.17) is 4.74 Å². The summed E-state index contributed by atoms with van der Waals surface area (Å²) in [6.07, 6.45) is 1.92. The third-order valence-electron chi connectivity index (χ3n) is 2.93. The maximum absolute atomic E-state index is 5.87. The first kappa shape index (κ1) is 13.6. The monoisotopic (exact) mass is 259 g/mol. The van der Waals surface area contributed by atoms with E-state index in [1.54, 1.807) is 4.68 Å². The van der Waals surface area contributed by atoms with Crippen LogP contribution in [0.25, 0.3) is 0 Å². The molecule has 4 heteroatoms. The highest BCUT2D eigenvalue weighted by Crippen LogP contribution is 2.21. The van der Waals surface area contributed by atoms with Crippen LogP contribution in [0.4, 0.5) is 0 Å². The van der Waals surface area contributed by atoms with Gasteiger partial charge in [0.2, 0.25) is 0 Å². The molecule has 1 aromatic heterocycles. The lowest BCUT2D eigenvalue weighted by Crippen LogP contribution is -2.13. The fourth-order valence-electron chi connectivity index (χ4n) is 1.94. The van der Waals surface area contributed by atoms with Crippen LogP contribution in [-0.2, 0) is 20.2 Å². The molecule has 1 aromatic carbocycles. The van der Waals surface area contributed by atoms with Crippen LogP contribution < -0.4 is 10.1 Å². The van der Waals surface area contributed by atoms with Crippen molar-refractivity contribution >= 4 is 0 Å². The summed E-state index contributed by atoms with van der Waals surface area (Å²) in [4.78, 5) is 0. The molecule has 0 radical (unpaired) electrons. The first-order valence-electron chi connectivity index (χ1n) is 6.60. The van der Waals surface area contributed by atoms with Gasteiger partial charge in [-0.3, -0.25) is 4.68 Å². The Kier molecular flexibility index (Phi) is 4.58. The Labute approximate surface area is 114 Å². The van der Waals surface area contributed by atoms with Gasteiger partial charge in [-0.05, 0) is 25.6 Å². The molecule has 0 amide bonds. The molecule has 102 valence electrons. The lowest BCUT2D eigenvalue weighted by molar-refractivity contribution is 0.296. The Bertz CT molecular complexity index is 534. The van der Waals surface area contributed by atoms with Crippen molar-refractivity contribution in [3.05, 3.63) is 47.3 Å². The lowest BCUT2D eigenvalue weighted by atomic mass is 10.1. The molecule has 0 atom stereocenters. The van der Waals surface area contributed by atoms with Gasteiger partial charge in [0.25, 0.3) is 0 Å². The molecule has 0 aliphatic heterocycles. The van der Waals surface area contributed by atoms with Crippen LogP contribution in [0.1, 0.15) is 23.7 Å². The highest BCUT2D eigenvalue weighted by molar-refractivity contribution is 5.36. The van der Waals surface area contributed by atoms with Gasteiger partial charge in [0.1, 0.15) is 12.4 Å². The van der Waals surface area contributed by atoms with E-state index in [9.17, 15) is 0 Å². The predicted octanol–water partition coefficient (Wildman–Crippen LogP) is 2.42. The molecule has 1 N–H and O–H groups in total. The Balaban J connectivity index is 2.05. The summed E-state index contributed by atoms with van der Waals surface area (Å²) in [7, 11) is 1.91. The van der Waals surface area contributed by atoms with E-state index >= 15 is 0 Å². The Hall–Kier alpha value is -1.81. The van der Waals surface area contributed by atoms with Gasteiger partial charge in [0.15, 0.2) is 0 Å². The summed E-state index contributed by atoms with van der Waals surface area (Å²) in [6.45, 7) is 6.48. The standard InChI is InChI=1S/C15H21N3O/c1-4-16-10-13-9-12(2)5-6-15(13)19-11-14-7-8-18(3)17-14/h5-9,16H,4,10-11H2,1-3H3. The van der Waals surface area contributed by atoms with Crippen molar-refractivity contribution < 1.29 is 4.74 Å². The highest BCUT2D eigenvalue weighted by Gasteiger charge is 2.05. The maximum atomic E-state index is 5.87. The second-order valence-electron chi connectivity index (χ2n) is 4.66. The second-order valence-corrected chi connectivity index (χ2v) is 4.66. The van der Waals surface area contributed by atoms with Crippen molar-refractivity contribution in [2.75, 3.05) is 6.54 Å². The molecule has 0 spiro atoms. The van der Waals surface area contributed by atoms with Crippen molar-refractivity contribution in [3.63, 3.8) is 0 Å². The molecule has 1 heterocycles. The number of rotatable bonds is 6. The minimum Gasteiger partial charge on any atom is -0.487 e. The molecule has 2 rings (SSSR count). The molecule has 0 saturated heterocycles. The molecule has 0 aliphatic rings.